The van der Waals surface area contributed by atoms with Crippen LogP contribution in [0, 0.1) is 6.92 Å². The third-order valence-electron chi connectivity index (χ3n) is 5.92. The zero-order valence-electron chi connectivity index (χ0n) is 18.0. The number of hydrogen-bond acceptors (Lipinski definition) is 3. The molecule has 1 saturated heterocycles. The van der Waals surface area contributed by atoms with Crippen LogP contribution >= 0.6 is 0 Å². The van der Waals surface area contributed by atoms with E-state index in [-0.39, 0.29) is 5.91 Å². The van der Waals surface area contributed by atoms with E-state index in [9.17, 15) is 4.79 Å². The molecule has 5 heteroatoms. The predicted octanol–water partition coefficient (Wildman–Crippen LogP) is 4.02. The lowest BCUT2D eigenvalue weighted by molar-refractivity contribution is 0.0369. The van der Waals surface area contributed by atoms with E-state index < -0.39 is 0 Å². The largest absolute Gasteiger partial charge is 0.379 e. The van der Waals surface area contributed by atoms with E-state index in [1.807, 2.05) is 25.1 Å². The molecule has 2 N–H and O–H groups in total. The van der Waals surface area contributed by atoms with Gasteiger partial charge in [0, 0.05) is 43.1 Å². The van der Waals surface area contributed by atoms with Crippen molar-refractivity contribution in [3.63, 3.8) is 0 Å². The van der Waals surface area contributed by atoms with Crippen molar-refractivity contribution in [2.45, 2.75) is 52.5 Å². The Morgan fingerprint density at radius 2 is 1.79 bits per heavy atom. The fourth-order valence-electron chi connectivity index (χ4n) is 4.40. The zero-order chi connectivity index (χ0) is 20.6. The Hall–Kier alpha value is -2.11. The summed E-state index contributed by atoms with van der Waals surface area (Å²) in [5.74, 6) is -0.329. The van der Waals surface area contributed by atoms with Gasteiger partial charge in [-0.1, -0.05) is 50.1 Å². The number of morpholine rings is 1. The number of aromatic nitrogens is 1. The third kappa shape index (κ3) is 5.28. The number of benzene rings is 1. The van der Waals surface area contributed by atoms with Gasteiger partial charge in [0.05, 0.1) is 18.8 Å². The van der Waals surface area contributed by atoms with Crippen molar-refractivity contribution < 1.29 is 9.53 Å². The Balaban J connectivity index is 1.91. The molecule has 0 spiro atoms. The molecule has 1 aliphatic heterocycles. The SMILES string of the molecule is CCCCCc1c(-c2ccccc2)c(C(N)=O)c(C)n1CCCN1CCOCC1. The summed E-state index contributed by atoms with van der Waals surface area (Å²) in [5, 5.41) is 0. The molecular formula is C24H35N3O2. The van der Waals surface area contributed by atoms with E-state index in [0.29, 0.717) is 5.56 Å². The molecule has 0 bridgehead atoms. The van der Waals surface area contributed by atoms with Gasteiger partial charge < -0.3 is 15.0 Å². The van der Waals surface area contributed by atoms with Crippen molar-refractivity contribution in [1.29, 1.82) is 0 Å². The number of nitrogens with zero attached hydrogens (tertiary/aromatic N) is 2. The number of hydrogen-bond donors (Lipinski definition) is 1. The topological polar surface area (TPSA) is 60.5 Å². The van der Waals surface area contributed by atoms with Crippen molar-refractivity contribution in [2.24, 2.45) is 5.73 Å². The molecule has 1 aromatic carbocycles. The smallest absolute Gasteiger partial charge is 0.251 e. The van der Waals surface area contributed by atoms with Crippen molar-refractivity contribution in [3.05, 3.63) is 47.3 Å². The van der Waals surface area contributed by atoms with Crippen LogP contribution in [0.4, 0.5) is 0 Å². The highest BCUT2D eigenvalue weighted by Crippen LogP contribution is 2.34. The van der Waals surface area contributed by atoms with E-state index >= 15 is 0 Å². The lowest BCUT2D eigenvalue weighted by Gasteiger charge is -2.26. The third-order valence-corrected chi connectivity index (χ3v) is 5.92. The van der Waals surface area contributed by atoms with E-state index in [1.165, 1.54) is 18.5 Å². The predicted molar refractivity (Wildman–Crippen MR) is 118 cm³/mol. The van der Waals surface area contributed by atoms with Crippen LogP contribution in [0.5, 0.6) is 0 Å². The van der Waals surface area contributed by atoms with Crippen molar-refractivity contribution in [3.8, 4) is 11.1 Å². The maximum atomic E-state index is 12.4. The average Bonchev–Trinajstić information content (AvgIpc) is 3.02. The zero-order valence-corrected chi connectivity index (χ0v) is 18.0. The molecule has 2 aromatic rings. The minimum Gasteiger partial charge on any atom is -0.379 e. The Morgan fingerprint density at radius 3 is 2.45 bits per heavy atom. The molecule has 1 fully saturated rings. The van der Waals surface area contributed by atoms with Gasteiger partial charge in [0.25, 0.3) is 5.91 Å². The monoisotopic (exact) mass is 397 g/mol. The lowest BCUT2D eigenvalue weighted by atomic mass is 9.97. The molecular weight excluding hydrogens is 362 g/mol. The quantitative estimate of drug-likeness (QED) is 0.616. The van der Waals surface area contributed by atoms with E-state index in [0.717, 1.165) is 75.5 Å². The average molecular weight is 398 g/mol. The molecule has 0 aliphatic carbocycles. The minimum atomic E-state index is -0.329. The van der Waals surface area contributed by atoms with Crippen LogP contribution in [0.1, 0.15) is 54.4 Å². The van der Waals surface area contributed by atoms with Gasteiger partial charge in [-0.2, -0.15) is 0 Å². The first-order valence-corrected chi connectivity index (χ1v) is 11.0. The first kappa shape index (κ1) is 21.6. The van der Waals surface area contributed by atoms with E-state index in [1.54, 1.807) is 0 Å². The normalized spacial score (nSPS) is 15.0. The van der Waals surface area contributed by atoms with Crippen LogP contribution in [0.25, 0.3) is 11.1 Å². The minimum absolute atomic E-state index is 0.329. The van der Waals surface area contributed by atoms with Crippen LogP contribution in [-0.4, -0.2) is 48.2 Å². The molecule has 0 radical (unpaired) electrons. The van der Waals surface area contributed by atoms with Crippen LogP contribution in [0.15, 0.2) is 30.3 Å². The second-order valence-corrected chi connectivity index (χ2v) is 7.93. The summed E-state index contributed by atoms with van der Waals surface area (Å²) in [4.78, 5) is 14.9. The van der Waals surface area contributed by atoms with Gasteiger partial charge >= 0.3 is 0 Å². The Labute approximate surface area is 174 Å². The van der Waals surface area contributed by atoms with Gasteiger partial charge in [-0.15, -0.1) is 0 Å². The molecule has 5 nitrogen and oxygen atoms in total. The molecule has 0 saturated carbocycles. The number of carbonyl (C=O) groups excluding carboxylic acids is 1. The summed E-state index contributed by atoms with van der Waals surface area (Å²) in [6.07, 6.45) is 5.53. The van der Waals surface area contributed by atoms with Gasteiger partial charge in [-0.05, 0) is 31.7 Å². The fraction of sp³-hybridized carbons (Fsp3) is 0.542. The summed E-state index contributed by atoms with van der Waals surface area (Å²) in [6.45, 7) is 9.92. The maximum absolute atomic E-state index is 12.4. The highest BCUT2D eigenvalue weighted by Gasteiger charge is 2.24. The summed E-state index contributed by atoms with van der Waals surface area (Å²) in [5.41, 5.74) is 10.9. The van der Waals surface area contributed by atoms with Crippen LogP contribution < -0.4 is 5.73 Å². The number of unbranched alkanes of at least 4 members (excludes halogenated alkanes) is 2. The number of primary amides is 1. The molecule has 1 aromatic heterocycles. The fourth-order valence-corrected chi connectivity index (χ4v) is 4.40. The van der Waals surface area contributed by atoms with Gasteiger partial charge in [-0.25, -0.2) is 0 Å². The molecule has 29 heavy (non-hydrogen) atoms. The first-order chi connectivity index (χ1) is 14.1. The van der Waals surface area contributed by atoms with Crippen molar-refractivity contribution in [1.82, 2.24) is 9.47 Å². The second kappa shape index (κ2) is 10.6. The molecule has 0 unspecified atom stereocenters. The number of amides is 1. The Kier molecular flexibility index (Phi) is 7.90. The van der Waals surface area contributed by atoms with Crippen LogP contribution in [0.3, 0.4) is 0 Å². The standard InChI is InChI=1S/C24H35N3O2/c1-3-4-6-12-21-23(20-10-7-5-8-11-20)22(24(25)28)19(2)27(21)14-9-13-26-15-17-29-18-16-26/h5,7-8,10-11H,3-4,6,9,12-18H2,1-2H3,(H2,25,28). The highest BCUT2D eigenvalue weighted by molar-refractivity contribution is 6.02. The molecule has 0 atom stereocenters. The molecule has 2 heterocycles. The molecule has 3 rings (SSSR count). The van der Waals surface area contributed by atoms with Crippen LogP contribution in [-0.2, 0) is 17.7 Å². The van der Waals surface area contributed by atoms with E-state index in [2.05, 4.69) is 28.5 Å². The van der Waals surface area contributed by atoms with Gasteiger partial charge in [0.2, 0.25) is 0 Å². The number of rotatable bonds is 10. The number of carbonyl (C=O) groups is 1. The summed E-state index contributed by atoms with van der Waals surface area (Å²) in [6, 6.07) is 10.2. The Morgan fingerprint density at radius 1 is 1.07 bits per heavy atom. The molecule has 1 aliphatic rings. The molecule has 158 valence electrons. The van der Waals surface area contributed by atoms with Gasteiger partial charge in [-0.3, -0.25) is 9.69 Å². The van der Waals surface area contributed by atoms with Gasteiger partial charge in [0.1, 0.15) is 0 Å². The molecule has 1 amide bonds. The Bertz CT molecular complexity index is 792. The maximum Gasteiger partial charge on any atom is 0.251 e. The summed E-state index contributed by atoms with van der Waals surface area (Å²) in [7, 11) is 0. The first-order valence-electron chi connectivity index (χ1n) is 11.0. The number of nitrogens with two attached hydrogens (primary N) is 1. The number of ether oxygens (including phenoxy) is 1. The second-order valence-electron chi connectivity index (χ2n) is 7.93. The van der Waals surface area contributed by atoms with Gasteiger partial charge in [0.15, 0.2) is 0 Å². The van der Waals surface area contributed by atoms with Crippen molar-refractivity contribution >= 4 is 5.91 Å². The highest BCUT2D eigenvalue weighted by atomic mass is 16.5. The summed E-state index contributed by atoms with van der Waals surface area (Å²) < 4.78 is 7.81. The van der Waals surface area contributed by atoms with E-state index in [4.69, 9.17) is 10.5 Å². The summed E-state index contributed by atoms with van der Waals surface area (Å²) >= 11 is 0. The van der Waals surface area contributed by atoms with Crippen molar-refractivity contribution in [2.75, 3.05) is 32.8 Å². The van der Waals surface area contributed by atoms with Crippen LogP contribution in [0.2, 0.25) is 0 Å². The lowest BCUT2D eigenvalue weighted by Crippen LogP contribution is -2.37.